The lowest BCUT2D eigenvalue weighted by molar-refractivity contribution is 0.101. The highest BCUT2D eigenvalue weighted by molar-refractivity contribution is 7.98. The van der Waals surface area contributed by atoms with Crippen molar-refractivity contribution in [1.82, 2.24) is 5.32 Å². The molecule has 98 valence electrons. The Morgan fingerprint density at radius 2 is 1.94 bits per heavy atom. The third-order valence-electron chi connectivity index (χ3n) is 2.66. The highest BCUT2D eigenvalue weighted by atomic mass is 32.2. The van der Waals surface area contributed by atoms with Gasteiger partial charge in [-0.1, -0.05) is 24.3 Å². The zero-order valence-corrected chi connectivity index (χ0v) is 11.3. The van der Waals surface area contributed by atoms with E-state index in [0.29, 0.717) is 12.1 Å². The van der Waals surface area contributed by atoms with Crippen LogP contribution in [0, 0.1) is 0 Å². The summed E-state index contributed by atoms with van der Waals surface area (Å²) in [6.45, 7) is 1.97. The number of ketones is 1. The largest absolute Gasteiger partial charge is 0.465 e. The summed E-state index contributed by atoms with van der Waals surface area (Å²) in [6.07, 6.45) is 1.72. The number of hydrogen-bond acceptors (Lipinski definition) is 3. The molecule has 18 heavy (non-hydrogen) atoms. The van der Waals surface area contributed by atoms with Crippen molar-refractivity contribution >= 4 is 23.6 Å². The maximum atomic E-state index is 11.2. The van der Waals surface area contributed by atoms with Gasteiger partial charge in [0.2, 0.25) is 0 Å². The zero-order valence-electron chi connectivity index (χ0n) is 10.5. The van der Waals surface area contributed by atoms with Crippen LogP contribution in [0.3, 0.4) is 0 Å². The maximum absolute atomic E-state index is 11.2. The molecule has 0 saturated heterocycles. The van der Waals surface area contributed by atoms with Crippen molar-refractivity contribution in [3.63, 3.8) is 0 Å². The summed E-state index contributed by atoms with van der Waals surface area (Å²) in [7, 11) is 0. The second-order valence-corrected chi connectivity index (χ2v) is 4.96. The van der Waals surface area contributed by atoms with Crippen LogP contribution in [0.15, 0.2) is 24.3 Å². The van der Waals surface area contributed by atoms with E-state index in [1.54, 1.807) is 11.8 Å². The minimum Gasteiger partial charge on any atom is -0.465 e. The summed E-state index contributed by atoms with van der Waals surface area (Å²) in [5.74, 6) is 0.0507. The van der Waals surface area contributed by atoms with Gasteiger partial charge < -0.3 is 10.4 Å². The second kappa shape index (κ2) is 7.06. The molecular formula is C13H17NO3S. The van der Waals surface area contributed by atoms with Crippen LogP contribution in [0.4, 0.5) is 4.79 Å². The number of amides is 1. The first-order valence-corrected chi connectivity index (χ1v) is 6.94. The van der Waals surface area contributed by atoms with Crippen LogP contribution in [0.5, 0.6) is 0 Å². The van der Waals surface area contributed by atoms with E-state index >= 15 is 0 Å². The quantitative estimate of drug-likeness (QED) is 0.778. The molecule has 1 amide bonds. The number of thioether (sulfide) groups is 1. The highest BCUT2D eigenvalue weighted by Gasteiger charge is 2.11. The Morgan fingerprint density at radius 1 is 1.33 bits per heavy atom. The van der Waals surface area contributed by atoms with Gasteiger partial charge in [0.25, 0.3) is 0 Å². The molecule has 0 aliphatic rings. The molecule has 1 atom stereocenters. The van der Waals surface area contributed by atoms with Gasteiger partial charge in [0.15, 0.2) is 5.78 Å². The molecule has 1 aromatic carbocycles. The first-order valence-electron chi connectivity index (χ1n) is 5.65. The van der Waals surface area contributed by atoms with Crippen molar-refractivity contribution in [1.29, 1.82) is 0 Å². The minimum atomic E-state index is -0.998. The normalized spacial score (nSPS) is 11.9. The number of nitrogens with one attached hydrogen (secondary N) is 1. The Morgan fingerprint density at radius 3 is 2.39 bits per heavy atom. The topological polar surface area (TPSA) is 66.4 Å². The van der Waals surface area contributed by atoms with Crippen molar-refractivity contribution < 1.29 is 14.7 Å². The molecule has 0 heterocycles. The van der Waals surface area contributed by atoms with E-state index in [-0.39, 0.29) is 11.0 Å². The van der Waals surface area contributed by atoms with E-state index in [1.165, 1.54) is 6.92 Å². The van der Waals surface area contributed by atoms with E-state index in [1.807, 2.05) is 30.5 Å². The molecule has 0 fully saturated rings. The van der Waals surface area contributed by atoms with Crippen molar-refractivity contribution in [2.45, 2.75) is 18.6 Å². The van der Waals surface area contributed by atoms with Crippen molar-refractivity contribution in [3.8, 4) is 0 Å². The van der Waals surface area contributed by atoms with Gasteiger partial charge in [-0.2, -0.15) is 11.8 Å². The molecule has 0 radical (unpaired) electrons. The number of hydrogen-bond donors (Lipinski definition) is 2. The van der Waals surface area contributed by atoms with Gasteiger partial charge in [-0.3, -0.25) is 4.79 Å². The Kier molecular flexibility index (Phi) is 5.71. The lowest BCUT2D eigenvalue weighted by Gasteiger charge is -2.15. The number of rotatable bonds is 6. The van der Waals surface area contributed by atoms with Crippen LogP contribution in [0.25, 0.3) is 0 Å². The smallest absolute Gasteiger partial charge is 0.404 e. The van der Waals surface area contributed by atoms with Crippen LogP contribution in [-0.4, -0.2) is 29.8 Å². The minimum absolute atomic E-state index is 0.0507. The Bertz CT molecular complexity index is 417. The molecule has 0 aliphatic heterocycles. The van der Waals surface area contributed by atoms with Crippen molar-refractivity contribution in [3.05, 3.63) is 35.4 Å². The van der Waals surface area contributed by atoms with Crippen LogP contribution in [0.2, 0.25) is 0 Å². The monoisotopic (exact) mass is 267 g/mol. The third-order valence-corrected chi connectivity index (χ3v) is 3.73. The molecule has 1 aromatic rings. The summed E-state index contributed by atoms with van der Waals surface area (Å²) in [5.41, 5.74) is 1.81. The summed E-state index contributed by atoms with van der Waals surface area (Å²) in [6, 6.07) is 7.48. The number of benzene rings is 1. The first-order chi connectivity index (χ1) is 8.54. The molecule has 0 saturated carbocycles. The van der Waals surface area contributed by atoms with Crippen LogP contribution < -0.4 is 5.32 Å². The average Bonchev–Trinajstić information content (AvgIpc) is 2.34. The van der Waals surface area contributed by atoms with E-state index in [4.69, 9.17) is 5.11 Å². The van der Waals surface area contributed by atoms with Crippen LogP contribution in [0.1, 0.15) is 34.5 Å². The number of carboxylic acid groups (broad SMARTS) is 1. The van der Waals surface area contributed by atoms with Crippen LogP contribution in [-0.2, 0) is 0 Å². The first kappa shape index (κ1) is 14.6. The van der Waals surface area contributed by atoms with Crippen molar-refractivity contribution in [2.24, 2.45) is 0 Å². The van der Waals surface area contributed by atoms with Gasteiger partial charge in [-0.15, -0.1) is 0 Å². The molecule has 4 nitrogen and oxygen atoms in total. The lowest BCUT2D eigenvalue weighted by Crippen LogP contribution is -2.22. The van der Waals surface area contributed by atoms with Gasteiger partial charge >= 0.3 is 6.09 Å². The van der Waals surface area contributed by atoms with E-state index in [2.05, 4.69) is 5.32 Å². The molecule has 0 aromatic heterocycles. The fourth-order valence-electron chi connectivity index (χ4n) is 1.66. The van der Waals surface area contributed by atoms with Gasteiger partial charge in [0.05, 0.1) is 0 Å². The number of carbonyl (C=O) groups excluding carboxylic acids is 1. The average molecular weight is 267 g/mol. The zero-order chi connectivity index (χ0) is 13.5. The molecule has 0 spiro atoms. The summed E-state index contributed by atoms with van der Waals surface area (Å²) < 4.78 is 0. The summed E-state index contributed by atoms with van der Waals surface area (Å²) in [5, 5.41) is 11.1. The predicted molar refractivity (Wildman–Crippen MR) is 73.3 cm³/mol. The molecule has 1 rings (SSSR count). The Labute approximate surface area is 111 Å². The van der Waals surface area contributed by atoms with Gasteiger partial charge in [-0.25, -0.2) is 4.79 Å². The Balaban J connectivity index is 2.64. The van der Waals surface area contributed by atoms with Crippen molar-refractivity contribution in [2.75, 3.05) is 12.8 Å². The van der Waals surface area contributed by atoms with Gasteiger partial charge in [-0.05, 0) is 25.2 Å². The third kappa shape index (κ3) is 4.41. The lowest BCUT2D eigenvalue weighted by atomic mass is 10.1. The second-order valence-electron chi connectivity index (χ2n) is 3.92. The van der Waals surface area contributed by atoms with E-state index in [9.17, 15) is 9.59 Å². The van der Waals surface area contributed by atoms with Gasteiger partial charge in [0.1, 0.15) is 0 Å². The maximum Gasteiger partial charge on any atom is 0.404 e. The number of carbonyl (C=O) groups is 2. The standard InChI is InChI=1S/C13H17NO3S/c1-9(15)10-3-5-11(6-4-10)12(18-2)7-8-14-13(16)17/h3-6,12,14H,7-8H2,1-2H3,(H,16,17). The molecule has 0 bridgehead atoms. The highest BCUT2D eigenvalue weighted by Crippen LogP contribution is 2.29. The molecular weight excluding hydrogens is 250 g/mol. The molecule has 2 N–H and O–H groups in total. The number of Topliss-reactive ketones (excluding diaryl/α,β-unsaturated/α-hetero) is 1. The van der Waals surface area contributed by atoms with Gasteiger partial charge in [0, 0.05) is 17.4 Å². The Hall–Kier alpha value is -1.49. The fraction of sp³-hybridized carbons (Fsp3) is 0.385. The SMILES string of the molecule is CSC(CCNC(=O)O)c1ccc(C(C)=O)cc1. The van der Waals surface area contributed by atoms with E-state index < -0.39 is 6.09 Å². The summed E-state index contributed by atoms with van der Waals surface area (Å²) in [4.78, 5) is 21.5. The molecule has 5 heteroatoms. The fourth-order valence-corrected chi connectivity index (χ4v) is 2.45. The molecule has 0 aliphatic carbocycles. The molecule has 1 unspecified atom stereocenters. The van der Waals surface area contributed by atoms with E-state index in [0.717, 1.165) is 12.0 Å². The summed E-state index contributed by atoms with van der Waals surface area (Å²) >= 11 is 1.67. The predicted octanol–water partition coefficient (Wildman–Crippen LogP) is 2.95. The van der Waals surface area contributed by atoms with Crippen LogP contribution >= 0.6 is 11.8 Å².